The van der Waals surface area contributed by atoms with Crippen LogP contribution in [-0.4, -0.2) is 43.4 Å². The Hall–Kier alpha value is -2.70. The van der Waals surface area contributed by atoms with Gasteiger partial charge in [0.2, 0.25) is 5.66 Å². The number of hydrogen-bond donors (Lipinski definition) is 1. The average molecular weight is 286 g/mol. The van der Waals surface area contributed by atoms with Gasteiger partial charge in [0.05, 0.1) is 6.20 Å². The van der Waals surface area contributed by atoms with Gasteiger partial charge >= 0.3 is 5.97 Å². The number of carboxylic acid groups (broad SMARTS) is 1. The Labute approximate surface area is 120 Å². The standard InChI is InChI=1S/C14H14N4O3/c19-12(11-5-2-1-3-6-11)17-9-4-7-14(17,13(20)21)18-10-8-15-16-18/h1-3,5-6,8,10H,4,7,9H2,(H,20,21). The van der Waals surface area contributed by atoms with Gasteiger partial charge in [-0.1, -0.05) is 23.4 Å². The van der Waals surface area contributed by atoms with Gasteiger partial charge in [-0.15, -0.1) is 5.10 Å². The molecule has 3 rings (SSSR count). The fraction of sp³-hybridized carbons (Fsp3) is 0.286. The summed E-state index contributed by atoms with van der Waals surface area (Å²) in [6.07, 6.45) is 3.80. The highest BCUT2D eigenvalue weighted by Crippen LogP contribution is 2.35. The van der Waals surface area contributed by atoms with Crippen molar-refractivity contribution < 1.29 is 14.7 Å². The van der Waals surface area contributed by atoms with Crippen molar-refractivity contribution in [3.8, 4) is 0 Å². The summed E-state index contributed by atoms with van der Waals surface area (Å²) >= 11 is 0. The average Bonchev–Trinajstić information content (AvgIpc) is 3.16. The molecular weight excluding hydrogens is 272 g/mol. The van der Waals surface area contributed by atoms with Gasteiger partial charge in [0, 0.05) is 24.7 Å². The molecule has 1 N–H and O–H groups in total. The second kappa shape index (κ2) is 5.01. The van der Waals surface area contributed by atoms with Crippen molar-refractivity contribution in [2.45, 2.75) is 18.5 Å². The first-order valence-corrected chi connectivity index (χ1v) is 6.63. The van der Waals surface area contributed by atoms with Crippen LogP contribution in [0.2, 0.25) is 0 Å². The van der Waals surface area contributed by atoms with Crippen molar-refractivity contribution in [2.24, 2.45) is 0 Å². The monoisotopic (exact) mass is 286 g/mol. The Morgan fingerprint density at radius 3 is 2.62 bits per heavy atom. The quantitative estimate of drug-likeness (QED) is 0.907. The maximum Gasteiger partial charge on any atom is 0.352 e. The maximum atomic E-state index is 12.7. The fourth-order valence-corrected chi connectivity index (χ4v) is 2.77. The van der Waals surface area contributed by atoms with Crippen LogP contribution in [0.25, 0.3) is 0 Å². The SMILES string of the molecule is O=C(c1ccccc1)N1CCCC1(C(=O)O)n1ccnn1. The first kappa shape index (κ1) is 13.3. The van der Waals surface area contributed by atoms with Crippen LogP contribution in [0.1, 0.15) is 23.2 Å². The van der Waals surface area contributed by atoms with Gasteiger partial charge in [0.25, 0.3) is 5.91 Å². The number of carbonyl (C=O) groups is 2. The molecule has 1 amide bonds. The van der Waals surface area contributed by atoms with E-state index < -0.39 is 11.6 Å². The van der Waals surface area contributed by atoms with Crippen LogP contribution in [0.5, 0.6) is 0 Å². The summed E-state index contributed by atoms with van der Waals surface area (Å²) in [5, 5.41) is 17.2. The first-order chi connectivity index (χ1) is 10.2. The lowest BCUT2D eigenvalue weighted by molar-refractivity contribution is -0.155. The van der Waals surface area contributed by atoms with Crippen molar-refractivity contribution in [3.63, 3.8) is 0 Å². The number of aliphatic carboxylic acids is 1. The number of hydrogen-bond acceptors (Lipinski definition) is 4. The lowest BCUT2D eigenvalue weighted by Crippen LogP contribution is -2.55. The Bertz CT molecular complexity index is 656. The van der Waals surface area contributed by atoms with E-state index in [1.54, 1.807) is 24.3 Å². The minimum atomic E-state index is -1.50. The number of aromatic nitrogens is 3. The molecule has 1 fully saturated rings. The molecule has 1 aliphatic heterocycles. The number of rotatable bonds is 3. The molecule has 1 saturated heterocycles. The van der Waals surface area contributed by atoms with E-state index in [4.69, 9.17) is 0 Å². The van der Waals surface area contributed by atoms with Gasteiger partial charge in [0.15, 0.2) is 0 Å². The Kier molecular flexibility index (Phi) is 3.17. The molecule has 0 bridgehead atoms. The van der Waals surface area contributed by atoms with Crippen molar-refractivity contribution in [1.82, 2.24) is 19.9 Å². The third-order valence-corrected chi connectivity index (χ3v) is 3.76. The first-order valence-electron chi connectivity index (χ1n) is 6.63. The highest BCUT2D eigenvalue weighted by atomic mass is 16.4. The van der Waals surface area contributed by atoms with Gasteiger partial charge in [-0.2, -0.15) is 0 Å². The Morgan fingerprint density at radius 1 is 1.24 bits per heavy atom. The lowest BCUT2D eigenvalue weighted by Gasteiger charge is -2.34. The van der Waals surface area contributed by atoms with Crippen LogP contribution < -0.4 is 0 Å². The van der Waals surface area contributed by atoms with Crippen LogP contribution >= 0.6 is 0 Å². The van der Waals surface area contributed by atoms with Crippen molar-refractivity contribution in [3.05, 3.63) is 48.3 Å². The molecule has 0 radical (unpaired) electrons. The molecule has 7 nitrogen and oxygen atoms in total. The summed E-state index contributed by atoms with van der Waals surface area (Å²) in [6.45, 7) is 0.375. The third-order valence-electron chi connectivity index (χ3n) is 3.76. The molecular formula is C14H14N4O3. The van der Waals surface area contributed by atoms with E-state index in [1.165, 1.54) is 22.0 Å². The van der Waals surface area contributed by atoms with Gasteiger partial charge in [-0.25, -0.2) is 9.48 Å². The fourth-order valence-electron chi connectivity index (χ4n) is 2.77. The Balaban J connectivity index is 2.05. The van der Waals surface area contributed by atoms with E-state index >= 15 is 0 Å². The summed E-state index contributed by atoms with van der Waals surface area (Å²) in [5.74, 6) is -1.42. The zero-order valence-corrected chi connectivity index (χ0v) is 11.2. The van der Waals surface area contributed by atoms with Crippen molar-refractivity contribution in [2.75, 3.05) is 6.54 Å². The number of benzene rings is 1. The minimum absolute atomic E-state index is 0.310. The topological polar surface area (TPSA) is 88.3 Å². The minimum Gasteiger partial charge on any atom is -0.478 e. The van der Waals surface area contributed by atoms with Crippen molar-refractivity contribution in [1.29, 1.82) is 0 Å². The predicted molar refractivity (Wildman–Crippen MR) is 72.3 cm³/mol. The second-order valence-corrected chi connectivity index (χ2v) is 4.90. The molecule has 1 aliphatic rings. The lowest BCUT2D eigenvalue weighted by atomic mass is 10.1. The van der Waals surface area contributed by atoms with Gasteiger partial charge in [-0.05, 0) is 18.6 Å². The highest BCUT2D eigenvalue weighted by molar-refractivity contribution is 5.97. The Morgan fingerprint density at radius 2 is 2.00 bits per heavy atom. The molecule has 2 aromatic rings. The van der Waals surface area contributed by atoms with Crippen LogP contribution in [0.3, 0.4) is 0 Å². The second-order valence-electron chi connectivity index (χ2n) is 4.90. The predicted octanol–water partition coefficient (Wildman–Crippen LogP) is 0.952. The van der Waals surface area contributed by atoms with E-state index in [1.807, 2.05) is 6.07 Å². The van der Waals surface area contributed by atoms with Crippen LogP contribution in [0, 0.1) is 0 Å². The summed E-state index contributed by atoms with van der Waals surface area (Å²) in [4.78, 5) is 25.9. The maximum absolute atomic E-state index is 12.7. The normalized spacial score (nSPS) is 21.4. The number of likely N-dealkylation sites (tertiary alicyclic amines) is 1. The number of carbonyl (C=O) groups excluding carboxylic acids is 1. The van der Waals surface area contributed by atoms with E-state index in [-0.39, 0.29) is 5.91 Å². The molecule has 1 aromatic heterocycles. The molecule has 0 saturated carbocycles. The van der Waals surface area contributed by atoms with E-state index in [2.05, 4.69) is 10.3 Å². The molecule has 7 heteroatoms. The van der Waals surface area contributed by atoms with Crippen LogP contribution in [0.15, 0.2) is 42.7 Å². The molecule has 1 aromatic carbocycles. The van der Waals surface area contributed by atoms with Gasteiger partial charge in [0.1, 0.15) is 0 Å². The zero-order chi connectivity index (χ0) is 14.9. The van der Waals surface area contributed by atoms with E-state index in [9.17, 15) is 14.7 Å². The van der Waals surface area contributed by atoms with Crippen molar-refractivity contribution >= 4 is 11.9 Å². The molecule has 0 spiro atoms. The smallest absolute Gasteiger partial charge is 0.352 e. The van der Waals surface area contributed by atoms with E-state index in [0.717, 1.165) is 0 Å². The summed E-state index contributed by atoms with van der Waals surface area (Å²) < 4.78 is 1.25. The number of carboxylic acids is 1. The molecule has 21 heavy (non-hydrogen) atoms. The summed E-state index contributed by atoms with van der Waals surface area (Å²) in [7, 11) is 0. The third kappa shape index (κ3) is 1.97. The molecule has 108 valence electrons. The largest absolute Gasteiger partial charge is 0.478 e. The number of amides is 1. The molecule has 0 aliphatic carbocycles. The van der Waals surface area contributed by atoms with E-state index in [0.29, 0.717) is 24.9 Å². The molecule has 2 heterocycles. The molecule has 1 unspecified atom stereocenters. The summed E-state index contributed by atoms with van der Waals surface area (Å²) in [6, 6.07) is 8.66. The number of nitrogens with zero attached hydrogens (tertiary/aromatic N) is 4. The van der Waals surface area contributed by atoms with Gasteiger partial charge < -0.3 is 10.0 Å². The zero-order valence-electron chi connectivity index (χ0n) is 11.2. The van der Waals surface area contributed by atoms with Gasteiger partial charge in [-0.3, -0.25) is 4.79 Å². The van der Waals surface area contributed by atoms with Crippen LogP contribution in [0.4, 0.5) is 0 Å². The molecule has 1 atom stereocenters. The van der Waals surface area contributed by atoms with Crippen LogP contribution in [-0.2, 0) is 10.5 Å². The highest BCUT2D eigenvalue weighted by Gasteiger charge is 2.52. The summed E-state index contributed by atoms with van der Waals surface area (Å²) in [5.41, 5.74) is -1.03.